The second-order valence-corrected chi connectivity index (χ2v) is 5.50. The molecule has 4 nitrogen and oxygen atoms in total. The van der Waals surface area contributed by atoms with Gasteiger partial charge in [-0.25, -0.2) is 4.21 Å². The van der Waals surface area contributed by atoms with Crippen LogP contribution in [0.25, 0.3) is 0 Å². The minimum Gasteiger partial charge on any atom is -0.340 e. The maximum Gasteiger partial charge on any atom is 0.225 e. The summed E-state index contributed by atoms with van der Waals surface area (Å²) in [7, 11) is -1.26. The number of likely N-dealkylation sites (tertiary alicyclic amines) is 1. The van der Waals surface area contributed by atoms with Gasteiger partial charge in [-0.15, -0.1) is 0 Å². The fourth-order valence-electron chi connectivity index (χ4n) is 2.20. The summed E-state index contributed by atoms with van der Waals surface area (Å²) < 4.78 is 10.9. The van der Waals surface area contributed by atoms with Crippen LogP contribution >= 0.6 is 0 Å². The zero-order valence-corrected chi connectivity index (χ0v) is 8.96. The third kappa shape index (κ3) is 1.83. The minimum atomic E-state index is -1.26. The molecule has 0 bridgehead atoms. The van der Waals surface area contributed by atoms with E-state index in [2.05, 4.69) is 0 Å². The van der Waals surface area contributed by atoms with E-state index >= 15 is 0 Å². The molecule has 0 aromatic rings. The average molecular weight is 216 g/mol. The molecule has 0 radical (unpaired) electrons. The summed E-state index contributed by atoms with van der Waals surface area (Å²) in [5.74, 6) is 0.492. The highest BCUT2D eigenvalue weighted by Gasteiger charge is 2.37. The topological polar surface area (TPSA) is 63.4 Å². The van der Waals surface area contributed by atoms with Crippen molar-refractivity contribution in [2.45, 2.75) is 30.9 Å². The molecule has 1 amide bonds. The zero-order valence-electron chi connectivity index (χ0n) is 8.15. The lowest BCUT2D eigenvalue weighted by molar-refractivity contribution is -0.138. The Morgan fingerprint density at radius 3 is 2.36 bits per heavy atom. The molecule has 1 aliphatic carbocycles. The highest BCUT2D eigenvalue weighted by atomic mass is 32.2. The average Bonchev–Trinajstić information content (AvgIpc) is 2.51. The molecular formula is C9H16N2O2S. The number of carbonyl (C=O) groups excluding carboxylic acids is 1. The quantitative estimate of drug-likeness (QED) is 0.706. The highest BCUT2D eigenvalue weighted by molar-refractivity contribution is 7.83. The summed E-state index contributed by atoms with van der Waals surface area (Å²) in [6.07, 6.45) is 4.42. The van der Waals surface area contributed by atoms with E-state index in [0.29, 0.717) is 13.1 Å². The minimum absolute atomic E-state index is 0.0142. The second kappa shape index (κ2) is 3.98. The van der Waals surface area contributed by atoms with Gasteiger partial charge in [0.15, 0.2) is 0 Å². The summed E-state index contributed by atoms with van der Waals surface area (Å²) in [4.78, 5) is 13.6. The molecule has 1 aliphatic heterocycles. The molecule has 1 heterocycles. The van der Waals surface area contributed by atoms with Crippen molar-refractivity contribution in [1.29, 1.82) is 0 Å². The highest BCUT2D eigenvalue weighted by Crippen LogP contribution is 2.28. The third-order valence-electron chi connectivity index (χ3n) is 3.19. The Morgan fingerprint density at radius 2 is 1.86 bits per heavy atom. The Balaban J connectivity index is 1.81. The number of nitrogens with zero attached hydrogens (tertiary/aromatic N) is 1. The molecule has 1 saturated heterocycles. The van der Waals surface area contributed by atoms with Gasteiger partial charge >= 0.3 is 0 Å². The van der Waals surface area contributed by atoms with Gasteiger partial charge in [0.05, 0.1) is 16.2 Å². The van der Waals surface area contributed by atoms with Gasteiger partial charge in [0, 0.05) is 19.0 Å². The predicted molar refractivity (Wildman–Crippen MR) is 54.7 cm³/mol. The third-order valence-corrected chi connectivity index (χ3v) is 4.15. The summed E-state index contributed by atoms with van der Waals surface area (Å²) in [5.41, 5.74) is 0. The van der Waals surface area contributed by atoms with Crippen LogP contribution in [0, 0.1) is 5.92 Å². The number of rotatable bonds is 2. The van der Waals surface area contributed by atoms with E-state index in [1.165, 1.54) is 12.8 Å². The number of hydrogen-bond donors (Lipinski definition) is 1. The van der Waals surface area contributed by atoms with Crippen LogP contribution in [0.5, 0.6) is 0 Å². The number of nitrogens with two attached hydrogens (primary N) is 1. The molecule has 2 N–H and O–H groups in total. The van der Waals surface area contributed by atoms with Gasteiger partial charge < -0.3 is 4.90 Å². The van der Waals surface area contributed by atoms with Crippen LogP contribution in [-0.2, 0) is 15.8 Å². The molecule has 1 atom stereocenters. The lowest BCUT2D eigenvalue weighted by Crippen LogP contribution is -2.57. The largest absolute Gasteiger partial charge is 0.340 e. The van der Waals surface area contributed by atoms with Crippen LogP contribution in [0.15, 0.2) is 0 Å². The van der Waals surface area contributed by atoms with Crippen LogP contribution in [0.2, 0.25) is 0 Å². The van der Waals surface area contributed by atoms with Crippen molar-refractivity contribution < 1.29 is 9.00 Å². The molecule has 5 heteroatoms. The molecule has 2 fully saturated rings. The van der Waals surface area contributed by atoms with Crippen molar-refractivity contribution in [3.05, 3.63) is 0 Å². The first kappa shape index (κ1) is 10.1. The lowest BCUT2D eigenvalue weighted by atomic mass is 10.0. The summed E-state index contributed by atoms with van der Waals surface area (Å²) in [6, 6.07) is 0. The normalized spacial score (nSPS) is 26.2. The number of carbonyl (C=O) groups is 1. The molecule has 2 rings (SSSR count). The van der Waals surface area contributed by atoms with Crippen LogP contribution in [0.4, 0.5) is 0 Å². The second-order valence-electron chi connectivity index (χ2n) is 4.18. The molecule has 80 valence electrons. The van der Waals surface area contributed by atoms with Gasteiger partial charge in [-0.3, -0.25) is 9.93 Å². The monoisotopic (exact) mass is 216 g/mol. The van der Waals surface area contributed by atoms with Crippen molar-refractivity contribution in [3.63, 3.8) is 0 Å². The Kier molecular flexibility index (Phi) is 2.88. The lowest BCUT2D eigenvalue weighted by Gasteiger charge is -2.39. The van der Waals surface area contributed by atoms with Gasteiger partial charge in [0.25, 0.3) is 0 Å². The molecule has 0 spiro atoms. The van der Waals surface area contributed by atoms with Gasteiger partial charge in [0.2, 0.25) is 5.91 Å². The first-order valence-electron chi connectivity index (χ1n) is 5.12. The zero-order chi connectivity index (χ0) is 10.1. The molecule has 14 heavy (non-hydrogen) atoms. The first-order valence-corrected chi connectivity index (χ1v) is 6.40. The molecule has 0 aromatic heterocycles. The smallest absolute Gasteiger partial charge is 0.225 e. The van der Waals surface area contributed by atoms with Gasteiger partial charge in [-0.05, 0) is 12.8 Å². The number of amides is 1. The van der Waals surface area contributed by atoms with Gasteiger partial charge in [-0.2, -0.15) is 0 Å². The molecule has 0 aromatic carbocycles. The van der Waals surface area contributed by atoms with E-state index in [0.717, 1.165) is 12.8 Å². The summed E-state index contributed by atoms with van der Waals surface area (Å²) in [5, 5.41) is 5.26. The van der Waals surface area contributed by atoms with Crippen LogP contribution in [-0.4, -0.2) is 33.4 Å². The molecular weight excluding hydrogens is 200 g/mol. The van der Waals surface area contributed by atoms with Gasteiger partial charge in [-0.1, -0.05) is 12.8 Å². The Morgan fingerprint density at radius 1 is 1.29 bits per heavy atom. The van der Waals surface area contributed by atoms with Gasteiger partial charge in [0.1, 0.15) is 0 Å². The fraction of sp³-hybridized carbons (Fsp3) is 0.889. The van der Waals surface area contributed by atoms with Crippen LogP contribution in [0.3, 0.4) is 0 Å². The van der Waals surface area contributed by atoms with Crippen molar-refractivity contribution in [2.24, 2.45) is 11.1 Å². The Hall–Kier alpha value is -0.420. The summed E-state index contributed by atoms with van der Waals surface area (Å²) >= 11 is 0. The van der Waals surface area contributed by atoms with Crippen LogP contribution < -0.4 is 5.14 Å². The summed E-state index contributed by atoms with van der Waals surface area (Å²) in [6.45, 7) is 1.19. The van der Waals surface area contributed by atoms with Crippen molar-refractivity contribution >= 4 is 16.9 Å². The Bertz CT molecular complexity index is 258. The van der Waals surface area contributed by atoms with E-state index in [1.807, 2.05) is 0 Å². The number of hydrogen-bond acceptors (Lipinski definition) is 2. The van der Waals surface area contributed by atoms with Crippen LogP contribution in [0.1, 0.15) is 25.7 Å². The molecule has 1 saturated carbocycles. The standard InChI is InChI=1S/C9H16N2O2S/c10-14(13)8-5-11(6-8)9(12)7-3-1-2-4-7/h7-8H,1-6,10H2. The molecule has 2 aliphatic rings. The Labute approximate surface area is 86.4 Å². The first-order chi connectivity index (χ1) is 6.68. The fourth-order valence-corrected chi connectivity index (χ4v) is 2.85. The van der Waals surface area contributed by atoms with E-state index in [9.17, 15) is 9.00 Å². The van der Waals surface area contributed by atoms with E-state index < -0.39 is 11.0 Å². The SMILES string of the molecule is NS(=O)C1CN(C(=O)C2CCCC2)C1. The van der Waals surface area contributed by atoms with E-state index in [4.69, 9.17) is 5.14 Å². The maximum absolute atomic E-state index is 11.8. The predicted octanol–water partition coefficient (Wildman–Crippen LogP) is 0.00980. The van der Waals surface area contributed by atoms with E-state index in [-0.39, 0.29) is 17.1 Å². The molecule has 1 unspecified atom stereocenters. The maximum atomic E-state index is 11.8. The van der Waals surface area contributed by atoms with E-state index in [1.54, 1.807) is 4.90 Å². The van der Waals surface area contributed by atoms with Crippen molar-refractivity contribution in [1.82, 2.24) is 4.90 Å². The van der Waals surface area contributed by atoms with Crippen molar-refractivity contribution in [3.8, 4) is 0 Å². The van der Waals surface area contributed by atoms with Crippen molar-refractivity contribution in [2.75, 3.05) is 13.1 Å².